The largest absolute Gasteiger partial charge is 0.309 e. The fourth-order valence-electron chi connectivity index (χ4n) is 11.5. The Hall–Kier alpha value is -7.16. The lowest BCUT2D eigenvalue weighted by molar-refractivity contribution is 0.875. The van der Waals surface area contributed by atoms with Gasteiger partial charge in [0.05, 0.1) is 22.7 Å². The van der Waals surface area contributed by atoms with Gasteiger partial charge in [-0.15, -0.1) is 0 Å². The van der Waals surface area contributed by atoms with Crippen molar-refractivity contribution in [3.05, 3.63) is 213 Å². The molecule has 0 amide bonds. The third-order valence-electron chi connectivity index (χ3n) is 14.5. The average molecular weight is 885 g/mol. The number of benzene rings is 10. The van der Waals surface area contributed by atoms with Crippen LogP contribution in [0, 0.1) is 55.4 Å². The Labute approximate surface area is 404 Å². The molecule has 0 aliphatic heterocycles. The summed E-state index contributed by atoms with van der Waals surface area (Å²) in [6.45, 7) is 27.6. The van der Waals surface area contributed by atoms with Gasteiger partial charge in [-0.05, 0) is 203 Å². The molecule has 0 radical (unpaired) electrons. The van der Waals surface area contributed by atoms with Gasteiger partial charge in [-0.2, -0.15) is 0 Å². The lowest BCUT2D eigenvalue weighted by atomic mass is 9.83. The van der Waals surface area contributed by atoms with Gasteiger partial charge in [0.15, 0.2) is 0 Å². The molecule has 2 heteroatoms. The van der Waals surface area contributed by atoms with E-state index >= 15 is 0 Å². The first-order valence-electron chi connectivity index (χ1n) is 24.6. The predicted molar refractivity (Wildman–Crippen MR) is 296 cm³/mol. The Morgan fingerprint density at radius 2 is 0.676 bits per heavy atom. The lowest BCUT2D eigenvalue weighted by Gasteiger charge is -2.34. The molecule has 0 aromatic heterocycles. The Kier molecular flexibility index (Phi) is 11.5. The van der Waals surface area contributed by atoms with Crippen LogP contribution in [0.2, 0.25) is 0 Å². The highest BCUT2D eigenvalue weighted by Crippen LogP contribution is 2.53. The summed E-state index contributed by atoms with van der Waals surface area (Å²) in [4.78, 5) is 5.20. The zero-order chi connectivity index (χ0) is 47.7. The van der Waals surface area contributed by atoms with Crippen LogP contribution in [0.3, 0.4) is 0 Å². The third-order valence-corrected chi connectivity index (χ3v) is 14.5. The van der Waals surface area contributed by atoms with E-state index < -0.39 is 0 Å². The predicted octanol–water partition coefficient (Wildman–Crippen LogP) is 19.6. The molecule has 0 atom stereocenters. The van der Waals surface area contributed by atoms with E-state index in [4.69, 9.17) is 0 Å². The fraction of sp³-hybridized carbons (Fsp3) is 0.212. The molecule has 0 saturated carbocycles. The third kappa shape index (κ3) is 7.61. The first-order valence-corrected chi connectivity index (χ1v) is 24.6. The second-order valence-electron chi connectivity index (χ2n) is 20.3. The Balaban J connectivity index is 1.35. The summed E-state index contributed by atoms with van der Waals surface area (Å²) < 4.78 is 0. The second kappa shape index (κ2) is 17.5. The van der Waals surface area contributed by atoms with E-state index in [0.29, 0.717) is 0 Å². The Morgan fingerprint density at radius 1 is 0.338 bits per heavy atom. The summed E-state index contributed by atoms with van der Waals surface area (Å²) in [5.41, 5.74) is 24.9. The molecule has 68 heavy (non-hydrogen) atoms. The van der Waals surface area contributed by atoms with Gasteiger partial charge in [-0.1, -0.05) is 149 Å². The first kappa shape index (κ1) is 44.7. The maximum absolute atomic E-state index is 2.60. The molecule has 0 bridgehead atoms. The molecule has 0 unspecified atom stereocenters. The highest BCUT2D eigenvalue weighted by molar-refractivity contribution is 6.29. The van der Waals surface area contributed by atoms with E-state index in [1.54, 1.807) is 0 Å². The van der Waals surface area contributed by atoms with Crippen molar-refractivity contribution in [2.75, 3.05) is 9.80 Å². The summed E-state index contributed by atoms with van der Waals surface area (Å²) in [5.74, 6) is 0.554. The minimum atomic E-state index is 0.277. The van der Waals surface area contributed by atoms with Crippen LogP contribution in [0.5, 0.6) is 0 Å². The van der Waals surface area contributed by atoms with Gasteiger partial charge in [0.2, 0.25) is 0 Å². The zero-order valence-electron chi connectivity index (χ0n) is 42.1. The summed E-state index contributed by atoms with van der Waals surface area (Å²) >= 11 is 0. The van der Waals surface area contributed by atoms with Gasteiger partial charge in [0, 0.05) is 22.1 Å². The van der Waals surface area contributed by atoms with E-state index in [0.717, 1.165) is 0 Å². The van der Waals surface area contributed by atoms with Crippen molar-refractivity contribution in [1.29, 1.82) is 0 Å². The Morgan fingerprint density at radius 3 is 1.01 bits per heavy atom. The SMILES string of the molecule is Cc1cc(C)cc(N(c2c(C)ccc(-c3ccccc3)c2C)c2cc(C(C)C)c3ccc4c(N(c5cc(C)cc(C)c5)c5c(C)ccc(-c6ccccc6)c5C)cc(C(C)C)c5ccc2c3c54)c1. The highest BCUT2D eigenvalue weighted by atomic mass is 15.2. The topological polar surface area (TPSA) is 6.48 Å². The molecule has 0 spiro atoms. The monoisotopic (exact) mass is 885 g/mol. The van der Waals surface area contributed by atoms with Gasteiger partial charge >= 0.3 is 0 Å². The fourth-order valence-corrected chi connectivity index (χ4v) is 11.5. The number of rotatable bonds is 10. The summed E-state index contributed by atoms with van der Waals surface area (Å²) in [6, 6.07) is 59.9. The van der Waals surface area contributed by atoms with E-state index in [1.165, 1.54) is 144 Å². The lowest BCUT2D eigenvalue weighted by Crippen LogP contribution is -2.16. The van der Waals surface area contributed by atoms with E-state index in [9.17, 15) is 0 Å². The number of hydrogen-bond donors (Lipinski definition) is 0. The van der Waals surface area contributed by atoms with Gasteiger partial charge in [-0.3, -0.25) is 0 Å². The molecule has 338 valence electrons. The molecular weight excluding hydrogens is 821 g/mol. The zero-order valence-corrected chi connectivity index (χ0v) is 42.1. The maximum Gasteiger partial charge on any atom is 0.0543 e. The summed E-state index contributed by atoms with van der Waals surface area (Å²) in [7, 11) is 0. The molecule has 0 fully saturated rings. The summed E-state index contributed by atoms with van der Waals surface area (Å²) in [5, 5.41) is 7.84. The number of hydrogen-bond acceptors (Lipinski definition) is 2. The smallest absolute Gasteiger partial charge is 0.0543 e. The van der Waals surface area contributed by atoms with Gasteiger partial charge < -0.3 is 9.80 Å². The highest BCUT2D eigenvalue weighted by Gasteiger charge is 2.29. The van der Waals surface area contributed by atoms with Crippen LogP contribution in [-0.2, 0) is 0 Å². The maximum atomic E-state index is 2.60. The van der Waals surface area contributed by atoms with Crippen molar-refractivity contribution in [3.63, 3.8) is 0 Å². The first-order chi connectivity index (χ1) is 32.7. The minimum absolute atomic E-state index is 0.277. The minimum Gasteiger partial charge on any atom is -0.309 e. The quantitative estimate of drug-likeness (QED) is 0.126. The van der Waals surface area contributed by atoms with Gasteiger partial charge in [-0.25, -0.2) is 0 Å². The van der Waals surface area contributed by atoms with E-state index in [1.807, 2.05) is 0 Å². The van der Waals surface area contributed by atoms with Crippen molar-refractivity contribution < 1.29 is 0 Å². The second-order valence-corrected chi connectivity index (χ2v) is 20.3. The summed E-state index contributed by atoms with van der Waals surface area (Å²) in [6.07, 6.45) is 0. The molecule has 10 rings (SSSR count). The normalized spacial score (nSPS) is 11.8. The Bertz CT molecular complexity index is 3260. The number of aryl methyl sites for hydroxylation is 6. The molecule has 2 nitrogen and oxygen atoms in total. The van der Waals surface area contributed by atoms with Crippen LogP contribution < -0.4 is 9.80 Å². The van der Waals surface area contributed by atoms with Crippen molar-refractivity contribution in [1.82, 2.24) is 0 Å². The van der Waals surface area contributed by atoms with Crippen LogP contribution in [0.25, 0.3) is 54.6 Å². The molecule has 0 N–H and O–H groups in total. The number of anilines is 6. The molecular formula is C66H64N2. The van der Waals surface area contributed by atoms with Crippen LogP contribution in [0.1, 0.15) is 95.2 Å². The van der Waals surface area contributed by atoms with Crippen LogP contribution in [0.4, 0.5) is 34.1 Å². The molecule has 10 aromatic rings. The van der Waals surface area contributed by atoms with Crippen molar-refractivity contribution in [3.8, 4) is 22.3 Å². The van der Waals surface area contributed by atoms with E-state index in [-0.39, 0.29) is 11.8 Å². The van der Waals surface area contributed by atoms with Crippen molar-refractivity contribution >= 4 is 66.4 Å². The van der Waals surface area contributed by atoms with Crippen molar-refractivity contribution in [2.45, 2.75) is 94.9 Å². The van der Waals surface area contributed by atoms with Crippen molar-refractivity contribution in [2.24, 2.45) is 0 Å². The molecule has 10 aromatic carbocycles. The standard InChI is InChI=1S/C66H64N2/c1-39(2)59-37-61(67(51-33-41(5)31-42(6)34-51)65-45(9)23-25-53(47(65)11)49-19-15-13-16-20-49)57-30-28-56-60(40(3)4)38-62(58-29-27-55(59)63(57)64(56)58)68(52-35-43(7)32-44(8)36-52)66-46(10)24-26-54(48(66)12)50-21-17-14-18-22-50/h13-40H,1-12H3. The number of nitrogens with zero attached hydrogens (tertiary/aromatic N) is 2. The van der Waals surface area contributed by atoms with Gasteiger partial charge in [0.1, 0.15) is 0 Å². The van der Waals surface area contributed by atoms with Crippen LogP contribution in [-0.4, -0.2) is 0 Å². The molecule has 0 saturated heterocycles. The van der Waals surface area contributed by atoms with Gasteiger partial charge in [0.25, 0.3) is 0 Å². The van der Waals surface area contributed by atoms with Crippen LogP contribution in [0.15, 0.2) is 158 Å². The van der Waals surface area contributed by atoms with E-state index in [2.05, 4.69) is 251 Å². The molecule has 0 aliphatic rings. The molecule has 0 heterocycles. The average Bonchev–Trinajstić information content (AvgIpc) is 3.30. The molecule has 0 aliphatic carbocycles. The van der Waals surface area contributed by atoms with Crippen LogP contribution >= 0.6 is 0 Å².